The average molecular weight is 336 g/mol. The summed E-state index contributed by atoms with van der Waals surface area (Å²) in [4.78, 5) is 7.92. The number of anilines is 1. The molecule has 1 aliphatic carbocycles. The van der Waals surface area contributed by atoms with E-state index in [2.05, 4.69) is 14.3 Å². The minimum Gasteiger partial charge on any atom is -0.379 e. The van der Waals surface area contributed by atoms with Crippen molar-refractivity contribution in [3.05, 3.63) is 5.82 Å². The summed E-state index contributed by atoms with van der Waals surface area (Å²) >= 11 is 0.842. The molecular formula is C13H19F3N4OS. The first kappa shape index (κ1) is 15.9. The van der Waals surface area contributed by atoms with E-state index in [4.69, 9.17) is 4.74 Å². The number of ether oxygens (including phenoxy) is 1. The topological polar surface area (TPSA) is 41.5 Å². The van der Waals surface area contributed by atoms with E-state index in [-0.39, 0.29) is 0 Å². The summed E-state index contributed by atoms with van der Waals surface area (Å²) in [7, 11) is 0. The second-order valence-corrected chi connectivity index (χ2v) is 6.47. The molecule has 1 aromatic heterocycles. The summed E-state index contributed by atoms with van der Waals surface area (Å²) in [6.45, 7) is 5.47. The van der Waals surface area contributed by atoms with Gasteiger partial charge >= 0.3 is 6.18 Å². The first-order valence-electron chi connectivity index (χ1n) is 7.48. The van der Waals surface area contributed by atoms with E-state index in [9.17, 15) is 13.2 Å². The highest BCUT2D eigenvalue weighted by molar-refractivity contribution is 7.09. The fourth-order valence-corrected chi connectivity index (χ4v) is 3.14. The molecule has 0 bridgehead atoms. The second-order valence-electron chi connectivity index (χ2n) is 5.74. The molecular weight excluding hydrogens is 317 g/mol. The lowest BCUT2D eigenvalue weighted by Crippen LogP contribution is -2.42. The standard InChI is InChI=1S/C13H19F3N4OS/c14-13(15,16)11-17-12(22-18-11)20(9-10-1-2-10)4-3-19-5-7-21-8-6-19/h10H,1-9H2. The van der Waals surface area contributed by atoms with Gasteiger partial charge in [-0.15, -0.1) is 0 Å². The molecule has 2 fully saturated rings. The quantitative estimate of drug-likeness (QED) is 0.796. The van der Waals surface area contributed by atoms with E-state index in [0.717, 1.165) is 63.8 Å². The fourth-order valence-electron chi connectivity index (χ4n) is 2.42. The molecule has 9 heteroatoms. The van der Waals surface area contributed by atoms with Gasteiger partial charge in [0.05, 0.1) is 13.2 Å². The predicted molar refractivity (Wildman–Crippen MR) is 77.1 cm³/mol. The van der Waals surface area contributed by atoms with Crippen LogP contribution in [-0.4, -0.2) is 60.2 Å². The third-order valence-corrected chi connectivity index (χ3v) is 4.68. The van der Waals surface area contributed by atoms with E-state index in [0.29, 0.717) is 17.6 Å². The summed E-state index contributed by atoms with van der Waals surface area (Å²) in [6, 6.07) is 0. The number of morpholine rings is 1. The molecule has 0 aromatic carbocycles. The summed E-state index contributed by atoms with van der Waals surface area (Å²) in [5.74, 6) is -0.442. The fraction of sp³-hybridized carbons (Fsp3) is 0.846. The molecule has 1 saturated heterocycles. The van der Waals surface area contributed by atoms with Gasteiger partial charge in [0.1, 0.15) is 0 Å². The van der Waals surface area contributed by atoms with E-state index < -0.39 is 12.0 Å². The van der Waals surface area contributed by atoms with Crippen LogP contribution in [0.15, 0.2) is 0 Å². The lowest BCUT2D eigenvalue weighted by molar-refractivity contribution is -0.144. The summed E-state index contributed by atoms with van der Waals surface area (Å²) in [5, 5.41) is 0.382. The van der Waals surface area contributed by atoms with Crippen molar-refractivity contribution in [3.8, 4) is 0 Å². The molecule has 1 aromatic rings. The molecule has 1 aliphatic heterocycles. The minimum atomic E-state index is -4.47. The van der Waals surface area contributed by atoms with Crippen LogP contribution in [0.1, 0.15) is 18.7 Å². The summed E-state index contributed by atoms with van der Waals surface area (Å²) in [6.07, 6.45) is -2.16. The zero-order valence-electron chi connectivity index (χ0n) is 12.2. The van der Waals surface area contributed by atoms with Crippen LogP contribution in [0.3, 0.4) is 0 Å². The molecule has 3 rings (SSSR count). The van der Waals surface area contributed by atoms with Crippen LogP contribution in [0.4, 0.5) is 18.3 Å². The molecule has 0 N–H and O–H groups in total. The number of rotatable bonds is 6. The molecule has 5 nitrogen and oxygen atoms in total. The molecule has 0 amide bonds. The van der Waals surface area contributed by atoms with Crippen LogP contribution in [-0.2, 0) is 10.9 Å². The monoisotopic (exact) mass is 336 g/mol. The zero-order chi connectivity index (χ0) is 15.6. The normalized spacial score (nSPS) is 20.3. The predicted octanol–water partition coefficient (Wildman–Crippen LogP) is 2.11. The van der Waals surface area contributed by atoms with E-state index in [1.165, 1.54) is 0 Å². The molecule has 0 atom stereocenters. The van der Waals surface area contributed by atoms with Crippen molar-refractivity contribution in [1.82, 2.24) is 14.3 Å². The van der Waals surface area contributed by atoms with E-state index in [1.54, 1.807) is 0 Å². The van der Waals surface area contributed by atoms with Gasteiger partial charge in [0, 0.05) is 44.3 Å². The van der Waals surface area contributed by atoms with Crippen LogP contribution in [0.5, 0.6) is 0 Å². The lowest BCUT2D eigenvalue weighted by atomic mass is 10.3. The number of hydrogen-bond donors (Lipinski definition) is 0. The Morgan fingerprint density at radius 3 is 2.59 bits per heavy atom. The lowest BCUT2D eigenvalue weighted by Gasteiger charge is -2.29. The van der Waals surface area contributed by atoms with Crippen molar-refractivity contribution < 1.29 is 17.9 Å². The number of hydrogen-bond acceptors (Lipinski definition) is 6. The molecule has 0 unspecified atom stereocenters. The van der Waals surface area contributed by atoms with Crippen LogP contribution < -0.4 is 4.90 Å². The average Bonchev–Trinajstić information content (AvgIpc) is 3.15. The third kappa shape index (κ3) is 4.30. The Morgan fingerprint density at radius 2 is 2.00 bits per heavy atom. The van der Waals surface area contributed by atoms with E-state index in [1.807, 2.05) is 4.90 Å². The molecule has 124 valence electrons. The van der Waals surface area contributed by atoms with Gasteiger partial charge in [-0.3, -0.25) is 4.90 Å². The van der Waals surface area contributed by atoms with E-state index >= 15 is 0 Å². The van der Waals surface area contributed by atoms with Gasteiger partial charge in [0.25, 0.3) is 0 Å². The maximum Gasteiger partial charge on any atom is 0.452 e. The first-order chi connectivity index (χ1) is 10.5. The molecule has 22 heavy (non-hydrogen) atoms. The third-order valence-electron chi connectivity index (χ3n) is 3.90. The Balaban J connectivity index is 1.62. The van der Waals surface area contributed by atoms with Crippen LogP contribution in [0.2, 0.25) is 0 Å². The SMILES string of the molecule is FC(F)(F)c1nsc(N(CCN2CCOCC2)CC2CC2)n1. The number of nitrogens with zero attached hydrogens (tertiary/aromatic N) is 4. The molecule has 0 radical (unpaired) electrons. The molecule has 2 aliphatic rings. The van der Waals surface area contributed by atoms with Gasteiger partial charge in [-0.05, 0) is 18.8 Å². The zero-order valence-corrected chi connectivity index (χ0v) is 13.0. The Morgan fingerprint density at radius 1 is 1.27 bits per heavy atom. The Labute approximate surface area is 131 Å². The van der Waals surface area contributed by atoms with Crippen molar-refractivity contribution in [2.75, 3.05) is 50.8 Å². The largest absolute Gasteiger partial charge is 0.452 e. The maximum absolute atomic E-state index is 12.7. The first-order valence-corrected chi connectivity index (χ1v) is 8.25. The number of halogens is 3. The van der Waals surface area contributed by atoms with Crippen molar-refractivity contribution in [1.29, 1.82) is 0 Å². The Bertz CT molecular complexity index is 486. The number of aromatic nitrogens is 2. The highest BCUT2D eigenvalue weighted by Gasteiger charge is 2.37. The van der Waals surface area contributed by atoms with Crippen LogP contribution in [0, 0.1) is 5.92 Å². The summed E-state index contributed by atoms with van der Waals surface area (Å²) < 4.78 is 46.7. The Hall–Kier alpha value is -0.930. The second kappa shape index (κ2) is 6.67. The maximum atomic E-state index is 12.7. The van der Waals surface area contributed by atoms with Crippen molar-refractivity contribution in [2.45, 2.75) is 19.0 Å². The molecule has 0 spiro atoms. The highest BCUT2D eigenvalue weighted by atomic mass is 32.1. The summed E-state index contributed by atoms with van der Waals surface area (Å²) in [5.41, 5.74) is 0. The van der Waals surface area contributed by atoms with Crippen molar-refractivity contribution in [3.63, 3.8) is 0 Å². The van der Waals surface area contributed by atoms with Gasteiger partial charge < -0.3 is 9.64 Å². The smallest absolute Gasteiger partial charge is 0.379 e. The van der Waals surface area contributed by atoms with Crippen molar-refractivity contribution >= 4 is 16.7 Å². The molecule has 2 heterocycles. The highest BCUT2D eigenvalue weighted by Crippen LogP contribution is 2.34. The van der Waals surface area contributed by atoms with Gasteiger partial charge in [0.2, 0.25) is 11.0 Å². The van der Waals surface area contributed by atoms with Gasteiger partial charge in [-0.1, -0.05) is 0 Å². The minimum absolute atomic E-state index is 0.382. The van der Waals surface area contributed by atoms with Gasteiger partial charge in [0.15, 0.2) is 0 Å². The number of alkyl halides is 3. The van der Waals surface area contributed by atoms with Crippen LogP contribution >= 0.6 is 11.5 Å². The Kier molecular flexibility index (Phi) is 4.84. The van der Waals surface area contributed by atoms with Crippen molar-refractivity contribution in [2.24, 2.45) is 5.92 Å². The molecule has 1 saturated carbocycles. The van der Waals surface area contributed by atoms with Gasteiger partial charge in [-0.2, -0.15) is 22.5 Å². The van der Waals surface area contributed by atoms with Crippen LogP contribution in [0.25, 0.3) is 0 Å². The van der Waals surface area contributed by atoms with Gasteiger partial charge in [-0.25, -0.2) is 0 Å².